The normalized spacial score (nSPS) is 14.0. The van der Waals surface area contributed by atoms with Crippen molar-refractivity contribution >= 4 is 17.6 Å². The summed E-state index contributed by atoms with van der Waals surface area (Å²) in [6.45, 7) is 6.41. The minimum Gasteiger partial charge on any atom is -0.494 e. The summed E-state index contributed by atoms with van der Waals surface area (Å²) in [7, 11) is 2.13. The fraction of sp³-hybridized carbons (Fsp3) is 0.512. The summed E-state index contributed by atoms with van der Waals surface area (Å²) < 4.78 is 22.6. The maximum atomic E-state index is 13.3. The second-order valence-corrected chi connectivity index (χ2v) is 14.5. The van der Waals surface area contributed by atoms with Gasteiger partial charge in [0, 0.05) is 68.5 Å². The van der Waals surface area contributed by atoms with E-state index in [1.807, 2.05) is 60.7 Å². The van der Waals surface area contributed by atoms with E-state index in [0.717, 1.165) is 92.8 Å². The lowest BCUT2D eigenvalue weighted by Crippen LogP contribution is -2.46. The number of carbonyl (C=O) groups is 2. The summed E-state index contributed by atoms with van der Waals surface area (Å²) in [5.74, 6) is 1.34. The first-order chi connectivity index (χ1) is 27.9. The zero-order valence-corrected chi connectivity index (χ0v) is 33.3. The number of carbonyl (C=O) groups excluding carboxylic acids is 1. The molecule has 1 aliphatic heterocycles. The first kappa shape index (κ1) is 43.2. The van der Waals surface area contributed by atoms with Crippen LogP contribution in [-0.2, 0) is 31.1 Å². The number of carboxylic acids is 1. The van der Waals surface area contributed by atoms with Crippen LogP contribution < -0.4 is 15.4 Å². The van der Waals surface area contributed by atoms with Crippen LogP contribution in [0.5, 0.6) is 5.75 Å². The molecule has 2 aromatic heterocycles. The Labute approximate surface area is 336 Å². The van der Waals surface area contributed by atoms with Crippen LogP contribution in [0, 0.1) is 0 Å². The van der Waals surface area contributed by atoms with Crippen LogP contribution in [0.4, 0.5) is 5.69 Å². The second-order valence-electron chi connectivity index (χ2n) is 14.5. The quantitative estimate of drug-likeness (QED) is 0.0487. The molecule has 14 nitrogen and oxygen atoms in total. The van der Waals surface area contributed by atoms with Crippen LogP contribution in [0.1, 0.15) is 86.0 Å². The molecule has 0 saturated carbocycles. The summed E-state index contributed by atoms with van der Waals surface area (Å²) in [4.78, 5) is 35.1. The molecular formula is C43H59N7O7. The van der Waals surface area contributed by atoms with Gasteiger partial charge in [-0.15, -0.1) is 0 Å². The van der Waals surface area contributed by atoms with Crippen molar-refractivity contribution in [1.29, 1.82) is 0 Å². The molecule has 5 rings (SSSR count). The Bertz CT molecular complexity index is 1750. The summed E-state index contributed by atoms with van der Waals surface area (Å²) in [6, 6.07) is 19.3. The van der Waals surface area contributed by atoms with Gasteiger partial charge in [0.2, 0.25) is 0 Å². The van der Waals surface area contributed by atoms with Crippen molar-refractivity contribution in [3.05, 3.63) is 90.0 Å². The van der Waals surface area contributed by atoms with Gasteiger partial charge in [-0.3, -0.25) is 19.7 Å². The van der Waals surface area contributed by atoms with Gasteiger partial charge in [0.1, 0.15) is 5.75 Å². The molecule has 0 spiro atoms. The molecule has 2 aromatic carbocycles. The highest BCUT2D eigenvalue weighted by atomic mass is 16.5. The van der Waals surface area contributed by atoms with Crippen LogP contribution in [0.2, 0.25) is 0 Å². The van der Waals surface area contributed by atoms with Crippen molar-refractivity contribution in [3.8, 4) is 17.1 Å². The number of pyridine rings is 1. The van der Waals surface area contributed by atoms with E-state index >= 15 is 0 Å². The van der Waals surface area contributed by atoms with Gasteiger partial charge in [-0.2, -0.15) is 5.10 Å². The van der Waals surface area contributed by atoms with Gasteiger partial charge < -0.3 is 39.6 Å². The number of amides is 1. The van der Waals surface area contributed by atoms with Crippen molar-refractivity contribution in [2.45, 2.75) is 76.3 Å². The number of nitrogens with zero attached hydrogens (tertiary/aromatic N) is 4. The zero-order chi connectivity index (χ0) is 40.0. The summed E-state index contributed by atoms with van der Waals surface area (Å²) in [5.41, 5.74) is 2.87. The Morgan fingerprint density at radius 2 is 1.46 bits per heavy atom. The number of H-pyrrole nitrogens is 1. The van der Waals surface area contributed by atoms with E-state index in [9.17, 15) is 9.59 Å². The zero-order valence-electron chi connectivity index (χ0n) is 33.3. The van der Waals surface area contributed by atoms with Crippen molar-refractivity contribution < 1.29 is 33.6 Å². The smallest absolute Gasteiger partial charge is 0.303 e. The van der Waals surface area contributed by atoms with E-state index in [0.29, 0.717) is 70.6 Å². The number of hydrogen-bond donors (Lipinski definition) is 4. The minimum atomic E-state index is -0.745. The molecule has 1 saturated heterocycles. The number of anilines is 1. The number of hydrogen-bond acceptors (Lipinski definition) is 11. The molecule has 14 heteroatoms. The molecule has 57 heavy (non-hydrogen) atoms. The Balaban J connectivity index is 0.932. The molecule has 308 valence electrons. The number of aliphatic carboxylic acids is 1. The monoisotopic (exact) mass is 785 g/mol. The lowest BCUT2D eigenvalue weighted by molar-refractivity contribution is -0.137. The molecule has 3 heterocycles. The molecule has 0 unspecified atom stereocenters. The predicted octanol–water partition coefficient (Wildman–Crippen LogP) is 6.46. The number of unbranched alkanes of at least 4 members (excludes halogenated alkanes) is 5. The van der Waals surface area contributed by atoms with Crippen LogP contribution in [0.15, 0.2) is 73.1 Å². The highest BCUT2D eigenvalue weighted by molar-refractivity contribution is 5.95. The van der Waals surface area contributed by atoms with E-state index in [4.69, 9.17) is 29.0 Å². The van der Waals surface area contributed by atoms with Gasteiger partial charge in [0.05, 0.1) is 38.6 Å². The number of rotatable bonds is 27. The van der Waals surface area contributed by atoms with Gasteiger partial charge in [0.25, 0.3) is 5.91 Å². The predicted molar refractivity (Wildman–Crippen MR) is 218 cm³/mol. The third-order valence-corrected chi connectivity index (χ3v) is 9.98. The Hall–Kier alpha value is -4.89. The summed E-state index contributed by atoms with van der Waals surface area (Å²) >= 11 is 0. The van der Waals surface area contributed by atoms with E-state index in [1.54, 1.807) is 12.4 Å². The number of aromatic nitrogens is 4. The molecule has 4 aromatic rings. The lowest BCUT2D eigenvalue weighted by Gasteiger charge is -2.40. The number of aromatic amines is 1. The van der Waals surface area contributed by atoms with Gasteiger partial charge in [-0.25, -0.2) is 4.98 Å². The van der Waals surface area contributed by atoms with Crippen LogP contribution in [0.3, 0.4) is 0 Å². The fourth-order valence-electron chi connectivity index (χ4n) is 6.58. The topological polar surface area (TPSA) is 173 Å². The first-order valence-electron chi connectivity index (χ1n) is 20.3. The average molecular weight is 786 g/mol. The molecule has 0 radical (unpaired) electrons. The SMILES string of the molecule is CN1CCC(Nc2cccc(C(=O)NCc3ccc(OCCCCCCOCCOCCOCCCCCC(=O)O)cc3)c2)(c2nc(-c3ccncc3)n[nH]2)CC1. The minimum absolute atomic E-state index is 0.143. The van der Waals surface area contributed by atoms with E-state index in [-0.39, 0.29) is 12.3 Å². The number of likely N-dealkylation sites (tertiary alicyclic amines) is 1. The molecule has 0 atom stereocenters. The lowest BCUT2D eigenvalue weighted by atomic mass is 9.86. The Morgan fingerprint density at radius 1 is 0.807 bits per heavy atom. The second kappa shape index (κ2) is 24.0. The summed E-state index contributed by atoms with van der Waals surface area (Å²) in [6.07, 6.45) is 11.9. The maximum Gasteiger partial charge on any atom is 0.303 e. The van der Waals surface area contributed by atoms with Crippen molar-refractivity contribution in [1.82, 2.24) is 30.4 Å². The summed E-state index contributed by atoms with van der Waals surface area (Å²) in [5, 5.41) is 23.1. The third-order valence-electron chi connectivity index (χ3n) is 9.98. The van der Waals surface area contributed by atoms with Crippen molar-refractivity contribution in [3.63, 3.8) is 0 Å². The van der Waals surface area contributed by atoms with Crippen molar-refractivity contribution in [2.75, 3.05) is 71.7 Å². The highest BCUT2D eigenvalue weighted by Crippen LogP contribution is 2.35. The van der Waals surface area contributed by atoms with Gasteiger partial charge in [0.15, 0.2) is 11.6 Å². The number of ether oxygens (including phenoxy) is 4. The van der Waals surface area contributed by atoms with E-state index < -0.39 is 11.5 Å². The number of carboxylic acid groups (broad SMARTS) is 1. The van der Waals surface area contributed by atoms with Crippen LogP contribution in [-0.4, -0.2) is 108 Å². The molecule has 0 aliphatic carbocycles. The molecule has 4 N–H and O–H groups in total. The number of nitrogens with one attached hydrogen (secondary N) is 3. The van der Waals surface area contributed by atoms with Gasteiger partial charge in [-0.05, 0) is 100 Å². The first-order valence-corrected chi connectivity index (χ1v) is 20.3. The third kappa shape index (κ3) is 15.2. The maximum absolute atomic E-state index is 13.3. The fourth-order valence-corrected chi connectivity index (χ4v) is 6.58. The highest BCUT2D eigenvalue weighted by Gasteiger charge is 2.39. The van der Waals surface area contributed by atoms with E-state index in [1.165, 1.54) is 0 Å². The molecule has 1 amide bonds. The molecular weight excluding hydrogens is 727 g/mol. The van der Waals surface area contributed by atoms with E-state index in [2.05, 4.69) is 37.8 Å². The van der Waals surface area contributed by atoms with Gasteiger partial charge >= 0.3 is 5.97 Å². The van der Waals surface area contributed by atoms with Crippen molar-refractivity contribution in [2.24, 2.45) is 0 Å². The Morgan fingerprint density at radius 3 is 2.14 bits per heavy atom. The van der Waals surface area contributed by atoms with Gasteiger partial charge in [-0.1, -0.05) is 31.0 Å². The number of benzene rings is 2. The largest absolute Gasteiger partial charge is 0.494 e. The molecule has 1 fully saturated rings. The van der Waals surface area contributed by atoms with Crippen LogP contribution >= 0.6 is 0 Å². The standard InChI is InChI=1S/C43H59N7O7/c1-50-23-19-43(20-24-50,42-46-40(48-49-42)35-17-21-44-22-18-35)47-37-11-9-10-36(32-37)41(53)45-33-34-13-15-38(16-14-34)57-27-8-3-2-6-25-54-28-30-56-31-29-55-26-7-4-5-12-39(51)52/h9-11,13-18,21-22,32,47H,2-8,12,19-20,23-31,33H2,1H3,(H,45,53)(H,51,52)(H,46,48,49). The molecule has 0 bridgehead atoms. The Kier molecular flexibility index (Phi) is 18.2. The average Bonchev–Trinajstić information content (AvgIpc) is 3.74. The number of piperidine rings is 1. The molecule has 1 aliphatic rings. The van der Waals surface area contributed by atoms with Crippen LogP contribution in [0.25, 0.3) is 11.4 Å².